The van der Waals surface area contributed by atoms with Gasteiger partial charge in [0.05, 0.1) is 6.20 Å². The Labute approximate surface area is 137 Å². The van der Waals surface area contributed by atoms with Gasteiger partial charge in [-0.15, -0.1) is 0 Å². The van der Waals surface area contributed by atoms with Crippen LogP contribution in [0.3, 0.4) is 0 Å². The molecule has 0 amide bonds. The second-order valence-electron chi connectivity index (χ2n) is 6.52. The number of benzene rings is 1. The predicted octanol–water partition coefficient (Wildman–Crippen LogP) is 2.33. The molecule has 0 spiro atoms. The number of ether oxygens (including phenoxy) is 1. The van der Waals surface area contributed by atoms with Crippen molar-refractivity contribution in [1.29, 1.82) is 0 Å². The average molecular weight is 315 g/mol. The third kappa shape index (κ3) is 3.92. The molecule has 1 aromatic heterocycles. The molecule has 2 heterocycles. The minimum Gasteiger partial charge on any atom is -0.491 e. The van der Waals surface area contributed by atoms with Gasteiger partial charge in [-0.05, 0) is 17.5 Å². The van der Waals surface area contributed by atoms with Crippen LogP contribution in [0.2, 0.25) is 0 Å². The fourth-order valence-electron chi connectivity index (χ4n) is 3.06. The number of hydrogen-bond donors (Lipinski definition) is 2. The van der Waals surface area contributed by atoms with Crippen molar-refractivity contribution >= 4 is 0 Å². The van der Waals surface area contributed by atoms with Crippen LogP contribution in [0.15, 0.2) is 30.5 Å². The summed E-state index contributed by atoms with van der Waals surface area (Å²) in [5.74, 6) is 1.28. The summed E-state index contributed by atoms with van der Waals surface area (Å²) in [6, 6.07) is 8.05. The number of fused-ring (bicyclic) bond motifs is 1. The van der Waals surface area contributed by atoms with E-state index in [1.807, 2.05) is 24.4 Å². The van der Waals surface area contributed by atoms with E-state index >= 15 is 0 Å². The zero-order chi connectivity index (χ0) is 16.2. The maximum absolute atomic E-state index is 10.3. The number of aliphatic hydroxyl groups excluding tert-OH is 1. The summed E-state index contributed by atoms with van der Waals surface area (Å²) >= 11 is 0. The van der Waals surface area contributed by atoms with Crippen LogP contribution in [0.4, 0.5) is 0 Å². The van der Waals surface area contributed by atoms with Gasteiger partial charge in [0, 0.05) is 37.3 Å². The molecule has 0 saturated carbocycles. The lowest BCUT2D eigenvalue weighted by molar-refractivity contribution is 0.0633. The zero-order valence-electron chi connectivity index (χ0n) is 13.8. The summed E-state index contributed by atoms with van der Waals surface area (Å²) < 4.78 is 5.86. The summed E-state index contributed by atoms with van der Waals surface area (Å²) in [4.78, 5) is 2.25. The number of nitrogens with zero attached hydrogens (tertiary/aromatic N) is 2. The van der Waals surface area contributed by atoms with Crippen molar-refractivity contribution in [3.05, 3.63) is 47.3 Å². The number of β-amino-alcohol motifs (C(OH)–C–C–N with tert-alkyl or cyclic N) is 1. The van der Waals surface area contributed by atoms with Crippen molar-refractivity contribution in [2.75, 3.05) is 19.7 Å². The monoisotopic (exact) mass is 315 g/mol. The number of aromatic nitrogens is 2. The largest absolute Gasteiger partial charge is 0.491 e. The molecular formula is C18H25N3O2. The SMILES string of the molecule is CC(C)c1ccccc1OCC(O)CN1CCc2[nH]ncc2C1. The highest BCUT2D eigenvalue weighted by Crippen LogP contribution is 2.26. The van der Waals surface area contributed by atoms with E-state index in [1.165, 1.54) is 16.8 Å². The molecule has 1 aliphatic rings. The Kier molecular flexibility index (Phi) is 4.98. The third-order valence-corrected chi connectivity index (χ3v) is 4.32. The Hall–Kier alpha value is -1.85. The lowest BCUT2D eigenvalue weighted by Crippen LogP contribution is -2.38. The van der Waals surface area contributed by atoms with E-state index in [0.29, 0.717) is 19.1 Å². The van der Waals surface area contributed by atoms with Gasteiger partial charge in [0.1, 0.15) is 18.5 Å². The molecule has 3 rings (SSSR count). The first-order valence-electron chi connectivity index (χ1n) is 8.26. The molecule has 1 unspecified atom stereocenters. The van der Waals surface area contributed by atoms with Gasteiger partial charge in [0.2, 0.25) is 0 Å². The van der Waals surface area contributed by atoms with Gasteiger partial charge < -0.3 is 9.84 Å². The van der Waals surface area contributed by atoms with E-state index in [4.69, 9.17) is 4.74 Å². The minimum absolute atomic E-state index is 0.318. The van der Waals surface area contributed by atoms with Crippen molar-refractivity contribution < 1.29 is 9.84 Å². The van der Waals surface area contributed by atoms with Crippen LogP contribution in [-0.2, 0) is 13.0 Å². The number of H-pyrrole nitrogens is 1. The van der Waals surface area contributed by atoms with E-state index in [2.05, 4.69) is 35.0 Å². The molecule has 1 aromatic carbocycles. The van der Waals surface area contributed by atoms with Crippen molar-refractivity contribution in [2.24, 2.45) is 0 Å². The molecule has 1 atom stereocenters. The van der Waals surface area contributed by atoms with Crippen LogP contribution < -0.4 is 4.74 Å². The molecule has 23 heavy (non-hydrogen) atoms. The first-order valence-corrected chi connectivity index (χ1v) is 8.26. The second-order valence-corrected chi connectivity index (χ2v) is 6.52. The number of aliphatic hydroxyl groups is 1. The van der Waals surface area contributed by atoms with E-state index in [-0.39, 0.29) is 0 Å². The van der Waals surface area contributed by atoms with Gasteiger partial charge in [0.15, 0.2) is 0 Å². The minimum atomic E-state index is -0.497. The van der Waals surface area contributed by atoms with E-state index < -0.39 is 6.10 Å². The molecule has 0 saturated heterocycles. The van der Waals surface area contributed by atoms with Crippen molar-refractivity contribution in [2.45, 2.75) is 38.8 Å². The van der Waals surface area contributed by atoms with Crippen LogP contribution in [0.25, 0.3) is 0 Å². The number of hydrogen-bond acceptors (Lipinski definition) is 4. The molecule has 2 aromatic rings. The topological polar surface area (TPSA) is 61.4 Å². The van der Waals surface area contributed by atoms with E-state index in [0.717, 1.165) is 25.3 Å². The third-order valence-electron chi connectivity index (χ3n) is 4.32. The molecule has 124 valence electrons. The van der Waals surface area contributed by atoms with Gasteiger partial charge in [-0.25, -0.2) is 0 Å². The first kappa shape index (κ1) is 16.0. The number of nitrogens with one attached hydrogen (secondary N) is 1. The van der Waals surface area contributed by atoms with Gasteiger partial charge in [0.25, 0.3) is 0 Å². The van der Waals surface area contributed by atoms with Gasteiger partial charge in [-0.1, -0.05) is 32.0 Å². The summed E-state index contributed by atoms with van der Waals surface area (Å²) in [5, 5.41) is 17.4. The highest BCUT2D eigenvalue weighted by atomic mass is 16.5. The summed E-state index contributed by atoms with van der Waals surface area (Å²) in [6.45, 7) is 7.01. The fourth-order valence-corrected chi connectivity index (χ4v) is 3.06. The average Bonchev–Trinajstić information content (AvgIpc) is 3.00. The lowest BCUT2D eigenvalue weighted by Gasteiger charge is -2.28. The maximum Gasteiger partial charge on any atom is 0.122 e. The molecule has 5 heteroatoms. The molecule has 0 bridgehead atoms. The molecule has 5 nitrogen and oxygen atoms in total. The lowest BCUT2D eigenvalue weighted by atomic mass is 10.0. The predicted molar refractivity (Wildman–Crippen MR) is 89.6 cm³/mol. The molecule has 0 fully saturated rings. The quantitative estimate of drug-likeness (QED) is 0.859. The maximum atomic E-state index is 10.3. The number of aromatic amines is 1. The summed E-state index contributed by atoms with van der Waals surface area (Å²) in [5.41, 5.74) is 3.63. The Bertz CT molecular complexity index is 639. The van der Waals surface area contributed by atoms with E-state index in [9.17, 15) is 5.11 Å². The molecule has 0 aliphatic carbocycles. The Morgan fingerprint density at radius 2 is 2.17 bits per heavy atom. The zero-order valence-corrected chi connectivity index (χ0v) is 13.8. The standard InChI is InChI=1S/C18H25N3O2/c1-13(2)16-5-3-4-6-18(16)23-12-15(22)11-21-8-7-17-14(10-21)9-19-20-17/h3-6,9,13,15,22H,7-8,10-12H2,1-2H3,(H,19,20). The number of rotatable bonds is 6. The summed E-state index contributed by atoms with van der Waals surface area (Å²) in [7, 11) is 0. The van der Waals surface area contributed by atoms with Crippen LogP contribution >= 0.6 is 0 Å². The Balaban J connectivity index is 1.52. The highest BCUT2D eigenvalue weighted by Gasteiger charge is 2.20. The van der Waals surface area contributed by atoms with Crippen LogP contribution in [0.1, 0.15) is 36.6 Å². The Morgan fingerprint density at radius 1 is 1.35 bits per heavy atom. The normalized spacial score (nSPS) is 16.3. The first-order chi connectivity index (χ1) is 11.1. The van der Waals surface area contributed by atoms with Gasteiger partial charge in [-0.3, -0.25) is 10.00 Å². The number of para-hydroxylation sites is 1. The fraction of sp³-hybridized carbons (Fsp3) is 0.500. The second kappa shape index (κ2) is 7.15. The van der Waals surface area contributed by atoms with Crippen LogP contribution in [-0.4, -0.2) is 46.0 Å². The molecule has 2 N–H and O–H groups in total. The van der Waals surface area contributed by atoms with Crippen LogP contribution in [0, 0.1) is 0 Å². The smallest absolute Gasteiger partial charge is 0.122 e. The van der Waals surface area contributed by atoms with Crippen LogP contribution in [0.5, 0.6) is 5.75 Å². The van der Waals surface area contributed by atoms with Crippen molar-refractivity contribution in [3.63, 3.8) is 0 Å². The Morgan fingerprint density at radius 3 is 3.00 bits per heavy atom. The molecule has 0 radical (unpaired) electrons. The van der Waals surface area contributed by atoms with Crippen molar-refractivity contribution in [1.82, 2.24) is 15.1 Å². The van der Waals surface area contributed by atoms with E-state index in [1.54, 1.807) is 0 Å². The van der Waals surface area contributed by atoms with Crippen molar-refractivity contribution in [3.8, 4) is 5.75 Å². The summed E-state index contributed by atoms with van der Waals surface area (Å²) in [6.07, 6.45) is 2.34. The molecule has 1 aliphatic heterocycles. The highest BCUT2D eigenvalue weighted by molar-refractivity contribution is 5.35. The molecular weight excluding hydrogens is 290 g/mol. The van der Waals surface area contributed by atoms with Gasteiger partial charge >= 0.3 is 0 Å². The van der Waals surface area contributed by atoms with Gasteiger partial charge in [-0.2, -0.15) is 5.10 Å².